The van der Waals surface area contributed by atoms with Gasteiger partial charge in [-0.05, 0) is 6.07 Å². The maximum absolute atomic E-state index is 13.3. The van der Waals surface area contributed by atoms with E-state index >= 15 is 0 Å². The number of halogens is 1. The SMILES string of the molecule is CCc1nc(COc2ccc([N+](=O)[O-])c(F)c2)no1. The highest BCUT2D eigenvalue weighted by Gasteiger charge is 2.14. The van der Waals surface area contributed by atoms with E-state index in [4.69, 9.17) is 9.26 Å². The predicted molar refractivity (Wildman–Crippen MR) is 61.1 cm³/mol. The summed E-state index contributed by atoms with van der Waals surface area (Å²) in [5, 5.41) is 14.1. The summed E-state index contributed by atoms with van der Waals surface area (Å²) in [7, 11) is 0. The van der Waals surface area contributed by atoms with Crippen LogP contribution in [-0.2, 0) is 13.0 Å². The first-order valence-electron chi connectivity index (χ1n) is 5.48. The fourth-order valence-corrected chi connectivity index (χ4v) is 1.37. The molecule has 0 saturated carbocycles. The fraction of sp³-hybridized carbons (Fsp3) is 0.273. The molecule has 0 radical (unpaired) electrons. The minimum absolute atomic E-state index is 0.000745. The Bertz CT molecular complexity index is 599. The minimum Gasteiger partial charge on any atom is -0.485 e. The molecule has 0 N–H and O–H groups in total. The van der Waals surface area contributed by atoms with Gasteiger partial charge in [-0.2, -0.15) is 9.37 Å². The van der Waals surface area contributed by atoms with Crippen LogP contribution in [0.4, 0.5) is 10.1 Å². The Balaban J connectivity index is 2.03. The second-order valence-corrected chi connectivity index (χ2v) is 3.62. The van der Waals surface area contributed by atoms with Crippen LogP contribution in [0, 0.1) is 15.9 Å². The van der Waals surface area contributed by atoms with E-state index in [0.717, 1.165) is 12.1 Å². The van der Waals surface area contributed by atoms with Crippen molar-refractivity contribution >= 4 is 5.69 Å². The number of nitrogens with zero attached hydrogens (tertiary/aromatic N) is 3. The lowest BCUT2D eigenvalue weighted by Crippen LogP contribution is -1.99. The van der Waals surface area contributed by atoms with Crippen molar-refractivity contribution < 1.29 is 18.6 Å². The summed E-state index contributed by atoms with van der Waals surface area (Å²) >= 11 is 0. The van der Waals surface area contributed by atoms with E-state index < -0.39 is 16.4 Å². The van der Waals surface area contributed by atoms with Crippen LogP contribution in [-0.4, -0.2) is 15.1 Å². The number of ether oxygens (including phenoxy) is 1. The standard InChI is InChI=1S/C11H10FN3O4/c1-2-11-13-10(14-19-11)6-18-7-3-4-9(15(16)17)8(12)5-7/h3-5H,2,6H2,1H3. The van der Waals surface area contributed by atoms with Gasteiger partial charge in [-0.15, -0.1) is 0 Å². The number of hydrogen-bond acceptors (Lipinski definition) is 6. The largest absolute Gasteiger partial charge is 0.485 e. The topological polar surface area (TPSA) is 91.3 Å². The summed E-state index contributed by atoms with van der Waals surface area (Å²) in [6.07, 6.45) is 0.610. The Morgan fingerprint density at radius 1 is 1.53 bits per heavy atom. The summed E-state index contributed by atoms with van der Waals surface area (Å²) in [5.74, 6) is 0.0138. The third-order valence-corrected chi connectivity index (χ3v) is 2.30. The van der Waals surface area contributed by atoms with E-state index in [2.05, 4.69) is 10.1 Å². The summed E-state index contributed by atoms with van der Waals surface area (Å²) in [5.41, 5.74) is -0.597. The Morgan fingerprint density at radius 3 is 2.89 bits per heavy atom. The lowest BCUT2D eigenvalue weighted by molar-refractivity contribution is -0.387. The second kappa shape index (κ2) is 5.42. The van der Waals surface area contributed by atoms with Crippen LogP contribution in [0.1, 0.15) is 18.6 Å². The number of benzene rings is 1. The average molecular weight is 267 g/mol. The molecule has 8 heteroatoms. The van der Waals surface area contributed by atoms with Crippen molar-refractivity contribution in [1.29, 1.82) is 0 Å². The van der Waals surface area contributed by atoms with Gasteiger partial charge in [-0.3, -0.25) is 10.1 Å². The van der Waals surface area contributed by atoms with E-state index in [1.54, 1.807) is 0 Å². The third-order valence-electron chi connectivity index (χ3n) is 2.30. The number of aryl methyl sites for hydroxylation is 1. The number of aromatic nitrogens is 2. The zero-order valence-corrected chi connectivity index (χ0v) is 10.00. The molecule has 0 spiro atoms. The Morgan fingerprint density at radius 2 is 2.32 bits per heavy atom. The maximum atomic E-state index is 13.3. The summed E-state index contributed by atoms with van der Waals surface area (Å²) in [6, 6.07) is 3.29. The molecule has 0 bridgehead atoms. The molecule has 1 aromatic heterocycles. The molecular formula is C11H10FN3O4. The van der Waals surface area contributed by atoms with Gasteiger partial charge in [0, 0.05) is 18.6 Å². The van der Waals surface area contributed by atoms with Crippen LogP contribution >= 0.6 is 0 Å². The highest BCUT2D eigenvalue weighted by molar-refractivity contribution is 5.37. The van der Waals surface area contributed by atoms with Crippen molar-refractivity contribution in [2.24, 2.45) is 0 Å². The van der Waals surface area contributed by atoms with E-state index in [9.17, 15) is 14.5 Å². The number of hydrogen-bond donors (Lipinski definition) is 0. The first-order valence-corrected chi connectivity index (χ1v) is 5.48. The van der Waals surface area contributed by atoms with Crippen molar-refractivity contribution in [3.63, 3.8) is 0 Å². The molecule has 0 amide bonds. The molecule has 2 rings (SSSR count). The van der Waals surface area contributed by atoms with Crippen molar-refractivity contribution in [2.75, 3.05) is 0 Å². The Hall–Kier alpha value is -2.51. The second-order valence-electron chi connectivity index (χ2n) is 3.62. The fourth-order valence-electron chi connectivity index (χ4n) is 1.37. The molecule has 1 heterocycles. The molecular weight excluding hydrogens is 257 g/mol. The highest BCUT2D eigenvalue weighted by atomic mass is 19.1. The predicted octanol–water partition coefficient (Wildman–Crippen LogP) is 2.26. The van der Waals surface area contributed by atoms with Gasteiger partial charge in [0.05, 0.1) is 4.92 Å². The molecule has 0 fully saturated rings. The normalized spacial score (nSPS) is 10.4. The molecule has 0 atom stereocenters. The van der Waals surface area contributed by atoms with Crippen LogP contribution in [0.2, 0.25) is 0 Å². The molecule has 0 aliphatic rings. The van der Waals surface area contributed by atoms with E-state index in [-0.39, 0.29) is 12.4 Å². The summed E-state index contributed by atoms with van der Waals surface area (Å²) in [4.78, 5) is 13.6. The molecule has 0 aliphatic heterocycles. The van der Waals surface area contributed by atoms with Crippen molar-refractivity contribution in [1.82, 2.24) is 10.1 Å². The zero-order valence-electron chi connectivity index (χ0n) is 10.00. The number of nitro groups is 1. The van der Waals surface area contributed by atoms with Crippen LogP contribution < -0.4 is 4.74 Å². The van der Waals surface area contributed by atoms with Crippen molar-refractivity contribution in [3.05, 3.63) is 45.8 Å². The Kier molecular flexibility index (Phi) is 3.69. The van der Waals surface area contributed by atoms with E-state index in [0.29, 0.717) is 18.1 Å². The van der Waals surface area contributed by atoms with Gasteiger partial charge >= 0.3 is 5.69 Å². The van der Waals surface area contributed by atoms with Crippen LogP contribution in [0.15, 0.2) is 22.7 Å². The summed E-state index contributed by atoms with van der Waals surface area (Å²) < 4.78 is 23.4. The average Bonchev–Trinajstić information content (AvgIpc) is 2.84. The van der Waals surface area contributed by atoms with Crippen LogP contribution in [0.3, 0.4) is 0 Å². The first-order chi connectivity index (χ1) is 9.10. The quantitative estimate of drug-likeness (QED) is 0.609. The lowest BCUT2D eigenvalue weighted by atomic mass is 10.3. The van der Waals surface area contributed by atoms with Gasteiger partial charge in [-0.25, -0.2) is 0 Å². The Labute approximate surface area is 107 Å². The van der Waals surface area contributed by atoms with Gasteiger partial charge in [-0.1, -0.05) is 12.1 Å². The molecule has 7 nitrogen and oxygen atoms in total. The lowest BCUT2D eigenvalue weighted by Gasteiger charge is -2.03. The van der Waals surface area contributed by atoms with E-state index in [1.807, 2.05) is 6.92 Å². The molecule has 2 aromatic rings. The molecule has 0 aliphatic carbocycles. The molecule has 19 heavy (non-hydrogen) atoms. The van der Waals surface area contributed by atoms with Gasteiger partial charge in [0.15, 0.2) is 6.61 Å². The van der Waals surface area contributed by atoms with Gasteiger partial charge in [0.2, 0.25) is 17.5 Å². The van der Waals surface area contributed by atoms with Gasteiger partial charge in [0.25, 0.3) is 0 Å². The third kappa shape index (κ3) is 3.03. The van der Waals surface area contributed by atoms with Crippen molar-refractivity contribution in [2.45, 2.75) is 20.0 Å². The highest BCUT2D eigenvalue weighted by Crippen LogP contribution is 2.22. The first kappa shape index (κ1) is 12.9. The number of nitro benzene ring substituents is 1. The minimum atomic E-state index is -0.954. The molecule has 100 valence electrons. The van der Waals surface area contributed by atoms with Crippen molar-refractivity contribution in [3.8, 4) is 5.75 Å². The maximum Gasteiger partial charge on any atom is 0.305 e. The molecule has 1 aromatic carbocycles. The van der Waals surface area contributed by atoms with Crippen LogP contribution in [0.25, 0.3) is 0 Å². The summed E-state index contributed by atoms with van der Waals surface area (Å²) in [6.45, 7) is 1.87. The zero-order chi connectivity index (χ0) is 13.8. The van der Waals surface area contributed by atoms with Crippen LogP contribution in [0.5, 0.6) is 5.75 Å². The molecule has 0 unspecified atom stereocenters. The van der Waals surface area contributed by atoms with Gasteiger partial charge in [0.1, 0.15) is 5.75 Å². The van der Waals surface area contributed by atoms with E-state index in [1.165, 1.54) is 6.07 Å². The monoisotopic (exact) mass is 267 g/mol. The smallest absolute Gasteiger partial charge is 0.305 e. The number of rotatable bonds is 5. The van der Waals surface area contributed by atoms with Gasteiger partial charge < -0.3 is 9.26 Å². The molecule has 0 saturated heterocycles.